The second kappa shape index (κ2) is 6.65. The van der Waals surface area contributed by atoms with Gasteiger partial charge < -0.3 is 10.1 Å². The summed E-state index contributed by atoms with van der Waals surface area (Å²) in [6.07, 6.45) is -8.45. The monoisotopic (exact) mass is 367 g/mol. The van der Waals surface area contributed by atoms with E-state index < -0.39 is 41.7 Å². The predicted molar refractivity (Wildman–Crippen MR) is 73.8 cm³/mol. The van der Waals surface area contributed by atoms with E-state index in [1.807, 2.05) is 0 Å². The molecular formula is C14H11F6N3O2. The standard InChI is InChI=1S/C14H11F6N3O2/c1-23-3-2-11(22-23)21-12(24)7-25-10-5-8(13(15,16)17)4-9(6-10)14(18,19)20/h2-6H,7H2,1H3,(H,21,22,24). The Hall–Kier alpha value is -2.72. The Morgan fingerprint density at radius 2 is 1.68 bits per heavy atom. The van der Waals surface area contributed by atoms with Crippen molar-refractivity contribution >= 4 is 11.7 Å². The number of alkyl halides is 6. The fraction of sp³-hybridized carbons (Fsp3) is 0.286. The summed E-state index contributed by atoms with van der Waals surface area (Å²) in [5, 5.41) is 6.11. The van der Waals surface area contributed by atoms with Crippen LogP contribution >= 0.6 is 0 Å². The number of amides is 1. The Kier molecular flexibility index (Phi) is 4.95. The molecule has 136 valence electrons. The minimum Gasteiger partial charge on any atom is -0.484 e. The largest absolute Gasteiger partial charge is 0.484 e. The molecule has 0 aliphatic rings. The van der Waals surface area contributed by atoms with Gasteiger partial charge in [0.25, 0.3) is 5.91 Å². The van der Waals surface area contributed by atoms with Crippen LogP contribution in [0.1, 0.15) is 11.1 Å². The number of carbonyl (C=O) groups excluding carboxylic acids is 1. The number of nitrogens with zero attached hydrogens (tertiary/aromatic N) is 2. The van der Waals surface area contributed by atoms with E-state index in [9.17, 15) is 31.1 Å². The second-order valence-corrected chi connectivity index (χ2v) is 4.95. The third-order valence-corrected chi connectivity index (χ3v) is 2.91. The van der Waals surface area contributed by atoms with Crippen LogP contribution in [0.2, 0.25) is 0 Å². The lowest BCUT2D eigenvalue weighted by molar-refractivity contribution is -0.143. The van der Waals surface area contributed by atoms with Gasteiger partial charge in [-0.2, -0.15) is 31.4 Å². The van der Waals surface area contributed by atoms with Gasteiger partial charge >= 0.3 is 12.4 Å². The van der Waals surface area contributed by atoms with Gasteiger partial charge in [0, 0.05) is 19.3 Å². The molecule has 1 aromatic heterocycles. The van der Waals surface area contributed by atoms with Gasteiger partial charge in [-0.15, -0.1) is 0 Å². The maximum Gasteiger partial charge on any atom is 0.416 e. The average molecular weight is 367 g/mol. The maximum absolute atomic E-state index is 12.7. The van der Waals surface area contributed by atoms with Gasteiger partial charge in [0.1, 0.15) is 5.75 Å². The minimum atomic E-state index is -4.99. The van der Waals surface area contributed by atoms with Gasteiger partial charge in [0.15, 0.2) is 12.4 Å². The zero-order chi connectivity index (χ0) is 18.8. The number of rotatable bonds is 4. The zero-order valence-electron chi connectivity index (χ0n) is 12.6. The van der Waals surface area contributed by atoms with Crippen LogP contribution in [0.5, 0.6) is 5.75 Å². The molecule has 2 aromatic rings. The molecule has 11 heteroatoms. The summed E-state index contributed by atoms with van der Waals surface area (Å²) < 4.78 is 82.4. The van der Waals surface area contributed by atoms with E-state index >= 15 is 0 Å². The fourth-order valence-electron chi connectivity index (χ4n) is 1.82. The summed E-state index contributed by atoms with van der Waals surface area (Å²) in [5.41, 5.74) is -3.05. The number of anilines is 1. The van der Waals surface area contributed by atoms with E-state index in [1.165, 1.54) is 16.9 Å². The highest BCUT2D eigenvalue weighted by Crippen LogP contribution is 2.38. The van der Waals surface area contributed by atoms with Gasteiger partial charge in [-0.3, -0.25) is 9.48 Å². The number of aryl methyl sites for hydroxylation is 1. The molecule has 0 aliphatic carbocycles. The van der Waals surface area contributed by atoms with Crippen LogP contribution in [0.25, 0.3) is 0 Å². The lowest BCUT2D eigenvalue weighted by atomic mass is 10.1. The highest BCUT2D eigenvalue weighted by molar-refractivity contribution is 5.90. The number of aromatic nitrogens is 2. The van der Waals surface area contributed by atoms with Crippen molar-refractivity contribution in [1.82, 2.24) is 9.78 Å². The van der Waals surface area contributed by atoms with Crippen molar-refractivity contribution in [3.63, 3.8) is 0 Å². The van der Waals surface area contributed by atoms with E-state index in [0.29, 0.717) is 12.1 Å². The molecule has 25 heavy (non-hydrogen) atoms. The second-order valence-electron chi connectivity index (χ2n) is 4.95. The van der Waals surface area contributed by atoms with E-state index in [4.69, 9.17) is 4.74 Å². The number of hydrogen-bond donors (Lipinski definition) is 1. The lowest BCUT2D eigenvalue weighted by Gasteiger charge is -2.14. The number of halogens is 6. The van der Waals surface area contributed by atoms with E-state index in [0.717, 1.165) is 0 Å². The van der Waals surface area contributed by atoms with Gasteiger partial charge in [-0.25, -0.2) is 0 Å². The Bertz CT molecular complexity index is 734. The van der Waals surface area contributed by atoms with Crippen molar-refractivity contribution < 1.29 is 35.9 Å². The Morgan fingerprint density at radius 3 is 2.12 bits per heavy atom. The van der Waals surface area contributed by atoms with Crippen LogP contribution in [-0.4, -0.2) is 22.3 Å². The molecule has 1 N–H and O–H groups in total. The van der Waals surface area contributed by atoms with Crippen molar-refractivity contribution in [2.45, 2.75) is 12.4 Å². The normalized spacial score (nSPS) is 12.1. The van der Waals surface area contributed by atoms with Crippen molar-refractivity contribution in [2.24, 2.45) is 7.05 Å². The summed E-state index contributed by atoms with van der Waals surface area (Å²) in [4.78, 5) is 11.6. The summed E-state index contributed by atoms with van der Waals surface area (Å²) in [6, 6.07) is 2.21. The van der Waals surface area contributed by atoms with Gasteiger partial charge in [-0.05, 0) is 18.2 Å². The van der Waals surface area contributed by atoms with Crippen molar-refractivity contribution in [3.8, 4) is 5.75 Å². The molecule has 0 fully saturated rings. The highest BCUT2D eigenvalue weighted by Gasteiger charge is 2.37. The molecule has 1 aromatic carbocycles. The molecule has 0 bridgehead atoms. The molecule has 1 heterocycles. The number of ether oxygens (including phenoxy) is 1. The van der Waals surface area contributed by atoms with Crippen LogP contribution in [0.4, 0.5) is 32.2 Å². The number of hydrogen-bond acceptors (Lipinski definition) is 3. The zero-order valence-corrected chi connectivity index (χ0v) is 12.6. The first-order valence-electron chi connectivity index (χ1n) is 6.67. The van der Waals surface area contributed by atoms with Crippen LogP contribution in [0.15, 0.2) is 30.5 Å². The van der Waals surface area contributed by atoms with Crippen LogP contribution in [0, 0.1) is 0 Å². The van der Waals surface area contributed by atoms with Crippen molar-refractivity contribution in [1.29, 1.82) is 0 Å². The molecule has 0 saturated heterocycles. The van der Waals surface area contributed by atoms with E-state index in [2.05, 4.69) is 10.4 Å². The van der Waals surface area contributed by atoms with Crippen molar-refractivity contribution in [3.05, 3.63) is 41.6 Å². The van der Waals surface area contributed by atoms with Crippen molar-refractivity contribution in [2.75, 3.05) is 11.9 Å². The van der Waals surface area contributed by atoms with Gasteiger partial charge in [0.2, 0.25) is 0 Å². The predicted octanol–water partition coefficient (Wildman–Crippen LogP) is 3.48. The first-order chi connectivity index (χ1) is 11.4. The topological polar surface area (TPSA) is 56.2 Å². The van der Waals surface area contributed by atoms with E-state index in [-0.39, 0.29) is 11.9 Å². The molecule has 0 aliphatic heterocycles. The number of nitrogens with one attached hydrogen (secondary N) is 1. The van der Waals surface area contributed by atoms with Gasteiger partial charge in [-0.1, -0.05) is 0 Å². The Balaban J connectivity index is 2.13. The van der Waals surface area contributed by atoms with Crippen LogP contribution < -0.4 is 10.1 Å². The molecular weight excluding hydrogens is 356 g/mol. The number of benzene rings is 1. The number of carbonyl (C=O) groups is 1. The van der Waals surface area contributed by atoms with Crippen LogP contribution in [-0.2, 0) is 24.2 Å². The Morgan fingerprint density at radius 1 is 1.12 bits per heavy atom. The molecule has 2 rings (SSSR count). The molecule has 0 radical (unpaired) electrons. The summed E-state index contributed by atoms with van der Waals surface area (Å²) in [5.74, 6) is -1.35. The maximum atomic E-state index is 12.7. The average Bonchev–Trinajstić information content (AvgIpc) is 2.88. The molecule has 1 amide bonds. The molecule has 0 atom stereocenters. The molecule has 5 nitrogen and oxygen atoms in total. The molecule has 0 unspecified atom stereocenters. The summed E-state index contributed by atoms with van der Waals surface area (Å²) >= 11 is 0. The van der Waals surface area contributed by atoms with Gasteiger partial charge in [0.05, 0.1) is 11.1 Å². The van der Waals surface area contributed by atoms with E-state index in [1.54, 1.807) is 7.05 Å². The first-order valence-corrected chi connectivity index (χ1v) is 6.67. The summed E-state index contributed by atoms with van der Waals surface area (Å²) in [6.45, 7) is -0.783. The quantitative estimate of drug-likeness (QED) is 0.842. The minimum absolute atomic E-state index is 0.0270. The SMILES string of the molecule is Cn1ccc(NC(=O)COc2cc(C(F)(F)F)cc(C(F)(F)F)c2)n1. The smallest absolute Gasteiger partial charge is 0.416 e. The lowest BCUT2D eigenvalue weighted by Crippen LogP contribution is -2.21. The third-order valence-electron chi connectivity index (χ3n) is 2.91. The third kappa shape index (κ3) is 5.13. The fourth-order valence-corrected chi connectivity index (χ4v) is 1.82. The molecule has 0 spiro atoms. The summed E-state index contributed by atoms with van der Waals surface area (Å²) in [7, 11) is 1.59. The first kappa shape index (κ1) is 18.6. The Labute approximate surface area is 137 Å². The highest BCUT2D eigenvalue weighted by atomic mass is 19.4. The molecule has 0 saturated carbocycles. The van der Waals surface area contributed by atoms with Crippen LogP contribution in [0.3, 0.4) is 0 Å².